The van der Waals surface area contributed by atoms with Gasteiger partial charge in [-0.3, -0.25) is 4.90 Å². The first-order valence-corrected chi connectivity index (χ1v) is 6.75. The highest BCUT2D eigenvalue weighted by atomic mass is 79.9. The highest BCUT2D eigenvalue weighted by Crippen LogP contribution is 2.31. The van der Waals surface area contributed by atoms with E-state index in [4.69, 9.17) is 4.42 Å². The van der Waals surface area contributed by atoms with Crippen molar-refractivity contribution in [2.24, 2.45) is 0 Å². The normalized spacial score (nSPS) is 16.7. The summed E-state index contributed by atoms with van der Waals surface area (Å²) in [6, 6.07) is 4.65. The third-order valence-electron chi connectivity index (χ3n) is 3.43. The van der Waals surface area contributed by atoms with Crippen molar-refractivity contribution < 1.29 is 4.42 Å². The molecule has 3 rings (SSSR count). The Balaban J connectivity index is 2.09. The fourth-order valence-corrected chi connectivity index (χ4v) is 2.69. The highest BCUT2D eigenvalue weighted by molar-refractivity contribution is 9.10. The minimum Gasteiger partial charge on any atom is -0.442 e. The Morgan fingerprint density at radius 1 is 1.41 bits per heavy atom. The first-order chi connectivity index (χ1) is 8.15. The predicted molar refractivity (Wildman–Crippen MR) is 71.0 cm³/mol. The fourth-order valence-electron chi connectivity index (χ4n) is 2.40. The molecular formula is C13H15BrN2O. The second-order valence-corrected chi connectivity index (χ2v) is 5.62. The van der Waals surface area contributed by atoms with Crippen LogP contribution in [0.1, 0.15) is 25.2 Å². The van der Waals surface area contributed by atoms with Crippen molar-refractivity contribution in [1.82, 2.24) is 9.88 Å². The van der Waals surface area contributed by atoms with E-state index in [0.29, 0.717) is 6.04 Å². The van der Waals surface area contributed by atoms with Crippen LogP contribution in [0.4, 0.5) is 0 Å². The van der Waals surface area contributed by atoms with Crippen LogP contribution >= 0.6 is 15.9 Å². The van der Waals surface area contributed by atoms with Crippen molar-refractivity contribution in [1.29, 1.82) is 0 Å². The maximum atomic E-state index is 5.83. The van der Waals surface area contributed by atoms with Crippen molar-refractivity contribution in [3.8, 4) is 0 Å². The molecule has 0 spiro atoms. The van der Waals surface area contributed by atoms with Gasteiger partial charge in [0.25, 0.3) is 0 Å². The van der Waals surface area contributed by atoms with E-state index in [-0.39, 0.29) is 0 Å². The summed E-state index contributed by atoms with van der Waals surface area (Å²) in [5.74, 6) is 1.11. The molecule has 0 aliphatic carbocycles. The van der Waals surface area contributed by atoms with E-state index in [0.717, 1.165) is 41.0 Å². The second-order valence-electron chi connectivity index (χ2n) is 4.80. The molecule has 3 heterocycles. The third kappa shape index (κ3) is 1.89. The van der Waals surface area contributed by atoms with Gasteiger partial charge in [0.1, 0.15) is 10.4 Å². The largest absolute Gasteiger partial charge is 0.442 e. The molecule has 0 amide bonds. The SMILES string of the molecule is CC(C)N1CCc2oc3nc(Br)ccc3c2C1. The number of hydrogen-bond donors (Lipinski definition) is 0. The lowest BCUT2D eigenvalue weighted by Gasteiger charge is -2.29. The molecule has 3 nitrogen and oxygen atoms in total. The van der Waals surface area contributed by atoms with Gasteiger partial charge < -0.3 is 4.42 Å². The molecule has 0 atom stereocenters. The number of aromatic nitrogens is 1. The summed E-state index contributed by atoms with van der Waals surface area (Å²) in [7, 11) is 0. The molecule has 0 unspecified atom stereocenters. The molecule has 0 bridgehead atoms. The molecule has 0 radical (unpaired) electrons. The Morgan fingerprint density at radius 3 is 3.00 bits per heavy atom. The smallest absolute Gasteiger partial charge is 0.227 e. The lowest BCUT2D eigenvalue weighted by Crippen LogP contribution is -2.35. The molecule has 4 heteroatoms. The lowest BCUT2D eigenvalue weighted by atomic mass is 10.0. The van der Waals surface area contributed by atoms with Crippen LogP contribution in [0.2, 0.25) is 0 Å². The molecule has 0 saturated carbocycles. The van der Waals surface area contributed by atoms with Gasteiger partial charge in [0.05, 0.1) is 0 Å². The topological polar surface area (TPSA) is 29.3 Å². The molecule has 0 N–H and O–H groups in total. The average molecular weight is 295 g/mol. The van der Waals surface area contributed by atoms with Gasteiger partial charge in [0.2, 0.25) is 5.71 Å². The van der Waals surface area contributed by atoms with E-state index >= 15 is 0 Å². The molecular weight excluding hydrogens is 280 g/mol. The zero-order valence-electron chi connectivity index (χ0n) is 10.0. The summed E-state index contributed by atoms with van der Waals surface area (Å²) in [4.78, 5) is 6.85. The summed E-state index contributed by atoms with van der Waals surface area (Å²) in [6.07, 6.45) is 0.988. The lowest BCUT2D eigenvalue weighted by molar-refractivity contribution is 0.196. The Morgan fingerprint density at radius 2 is 2.24 bits per heavy atom. The Hall–Kier alpha value is -0.870. The van der Waals surface area contributed by atoms with Crippen LogP contribution < -0.4 is 0 Å². The van der Waals surface area contributed by atoms with Gasteiger partial charge in [-0.15, -0.1) is 0 Å². The Kier molecular flexibility index (Phi) is 2.71. The maximum Gasteiger partial charge on any atom is 0.227 e. The van der Waals surface area contributed by atoms with E-state index < -0.39 is 0 Å². The summed E-state index contributed by atoms with van der Waals surface area (Å²) < 4.78 is 6.66. The molecule has 1 aliphatic heterocycles. The quantitative estimate of drug-likeness (QED) is 0.755. The van der Waals surface area contributed by atoms with E-state index in [1.54, 1.807) is 0 Å². The monoisotopic (exact) mass is 294 g/mol. The van der Waals surface area contributed by atoms with Gasteiger partial charge in [-0.2, -0.15) is 0 Å². The van der Waals surface area contributed by atoms with Crippen molar-refractivity contribution in [3.05, 3.63) is 28.1 Å². The first kappa shape index (κ1) is 11.2. The van der Waals surface area contributed by atoms with Crippen LogP contribution in [0.3, 0.4) is 0 Å². The van der Waals surface area contributed by atoms with Crippen LogP contribution in [-0.4, -0.2) is 22.5 Å². The minimum atomic E-state index is 0.580. The molecule has 1 aliphatic rings. The van der Waals surface area contributed by atoms with Gasteiger partial charge in [0.15, 0.2) is 0 Å². The number of pyridine rings is 1. The minimum absolute atomic E-state index is 0.580. The third-order valence-corrected chi connectivity index (χ3v) is 3.87. The van der Waals surface area contributed by atoms with Gasteiger partial charge >= 0.3 is 0 Å². The summed E-state index contributed by atoms with van der Waals surface area (Å²) in [5.41, 5.74) is 2.08. The van der Waals surface area contributed by atoms with Crippen LogP contribution in [0.5, 0.6) is 0 Å². The van der Waals surface area contributed by atoms with Crippen molar-refractivity contribution in [3.63, 3.8) is 0 Å². The predicted octanol–water partition coefficient (Wildman–Crippen LogP) is 3.36. The van der Waals surface area contributed by atoms with E-state index in [9.17, 15) is 0 Å². The first-order valence-electron chi connectivity index (χ1n) is 5.96. The summed E-state index contributed by atoms with van der Waals surface area (Å²) >= 11 is 3.38. The van der Waals surface area contributed by atoms with Crippen molar-refractivity contribution in [2.45, 2.75) is 32.9 Å². The number of nitrogens with zero attached hydrogens (tertiary/aromatic N) is 2. The molecule has 0 fully saturated rings. The molecule has 17 heavy (non-hydrogen) atoms. The summed E-state index contributed by atoms with van der Waals surface area (Å²) in [5, 5.41) is 1.16. The number of halogens is 1. The Bertz CT molecular complexity index is 562. The highest BCUT2D eigenvalue weighted by Gasteiger charge is 2.24. The average Bonchev–Trinajstić information content (AvgIpc) is 2.64. The van der Waals surface area contributed by atoms with E-state index in [2.05, 4.69) is 45.7 Å². The van der Waals surface area contributed by atoms with Crippen LogP contribution in [0.25, 0.3) is 11.1 Å². The molecule has 0 saturated heterocycles. The zero-order valence-corrected chi connectivity index (χ0v) is 11.6. The molecule has 0 aromatic carbocycles. The van der Waals surface area contributed by atoms with Crippen LogP contribution in [-0.2, 0) is 13.0 Å². The number of rotatable bonds is 1. The van der Waals surface area contributed by atoms with Crippen molar-refractivity contribution in [2.75, 3.05) is 6.54 Å². The van der Waals surface area contributed by atoms with Crippen LogP contribution in [0, 0.1) is 0 Å². The summed E-state index contributed by atoms with van der Waals surface area (Å²) in [6.45, 7) is 6.53. The zero-order chi connectivity index (χ0) is 12.0. The van der Waals surface area contributed by atoms with Crippen molar-refractivity contribution >= 4 is 27.0 Å². The standard InChI is InChI=1S/C13H15BrN2O/c1-8(2)16-6-5-11-10(7-16)9-3-4-12(14)15-13(9)17-11/h3-4,8H,5-7H2,1-2H3. The number of hydrogen-bond acceptors (Lipinski definition) is 3. The van der Waals surface area contributed by atoms with Gasteiger partial charge in [0, 0.05) is 36.5 Å². The van der Waals surface area contributed by atoms with Gasteiger partial charge in [-0.25, -0.2) is 4.98 Å². The molecule has 90 valence electrons. The Labute approximate surface area is 109 Å². The molecule has 2 aromatic rings. The van der Waals surface area contributed by atoms with E-state index in [1.807, 2.05) is 6.07 Å². The van der Waals surface area contributed by atoms with Crippen LogP contribution in [0.15, 0.2) is 21.2 Å². The second kappa shape index (κ2) is 4.10. The number of fused-ring (bicyclic) bond motifs is 3. The van der Waals surface area contributed by atoms with E-state index in [1.165, 1.54) is 5.56 Å². The van der Waals surface area contributed by atoms with Gasteiger partial charge in [-0.1, -0.05) is 0 Å². The number of furan rings is 1. The molecule has 2 aromatic heterocycles. The maximum absolute atomic E-state index is 5.83. The fraction of sp³-hybridized carbons (Fsp3) is 0.462. The van der Waals surface area contributed by atoms with Gasteiger partial charge in [-0.05, 0) is 41.9 Å².